The van der Waals surface area contributed by atoms with Gasteiger partial charge in [0, 0.05) is 6.54 Å². The molecule has 1 amide bonds. The van der Waals surface area contributed by atoms with Crippen LogP contribution in [0.3, 0.4) is 0 Å². The largest absolute Gasteiger partial charge is 0.444 e. The summed E-state index contributed by atoms with van der Waals surface area (Å²) in [5.41, 5.74) is 1.23. The molecule has 0 unspecified atom stereocenters. The van der Waals surface area contributed by atoms with Gasteiger partial charge in [-0.1, -0.05) is 42.5 Å². The van der Waals surface area contributed by atoms with Gasteiger partial charge in [-0.25, -0.2) is 17.9 Å². The minimum Gasteiger partial charge on any atom is -0.444 e. The van der Waals surface area contributed by atoms with Crippen LogP contribution in [0.5, 0.6) is 0 Å². The summed E-state index contributed by atoms with van der Waals surface area (Å²) in [6.45, 7) is 5.29. The third-order valence-corrected chi connectivity index (χ3v) is 6.02. The molecule has 0 aliphatic carbocycles. The van der Waals surface area contributed by atoms with Crippen molar-refractivity contribution in [2.75, 3.05) is 13.1 Å². The predicted octanol–water partition coefficient (Wildman–Crippen LogP) is 2.61. The quantitative estimate of drug-likeness (QED) is 0.796. The third kappa shape index (κ3) is 5.35. The second-order valence-electron chi connectivity index (χ2n) is 8.07. The van der Waals surface area contributed by atoms with E-state index in [-0.39, 0.29) is 18.0 Å². The van der Waals surface area contributed by atoms with Gasteiger partial charge in [-0.05, 0) is 44.0 Å². The van der Waals surface area contributed by atoms with Crippen molar-refractivity contribution >= 4 is 16.1 Å². The molecule has 0 aromatic heterocycles. The van der Waals surface area contributed by atoms with Gasteiger partial charge in [-0.2, -0.15) is 0 Å². The maximum Gasteiger partial charge on any atom is 0.410 e. The lowest BCUT2D eigenvalue weighted by atomic mass is 10.1. The summed E-state index contributed by atoms with van der Waals surface area (Å²) < 4.78 is 33.2. The number of β-amino-alcohol motifs (C(OH)–C–C–N with tert-alkyl or cyclic N) is 1. The number of carbonyl (C=O) groups excluding carboxylic acids is 1. The standard InChI is InChI=1S/C21H26N2O5S/c1-21(2,3)28-20(25)23-13-18(19(24)14-23)22-29(26,27)17-11-9-16(10-12-17)15-7-5-4-6-8-15/h4-12,18-19,22,24H,13-14H2,1-3H3/t18-,19-/m0/s1. The number of ether oxygens (including phenoxy) is 1. The van der Waals surface area contributed by atoms with Crippen molar-refractivity contribution in [2.24, 2.45) is 0 Å². The molecular formula is C21H26N2O5S. The molecule has 7 nitrogen and oxygen atoms in total. The molecule has 1 aliphatic rings. The highest BCUT2D eigenvalue weighted by Crippen LogP contribution is 2.22. The number of aliphatic hydroxyl groups is 1. The zero-order valence-electron chi connectivity index (χ0n) is 16.7. The van der Waals surface area contributed by atoms with Crippen LogP contribution in [0, 0.1) is 0 Å². The van der Waals surface area contributed by atoms with Crippen LogP contribution in [0.25, 0.3) is 11.1 Å². The van der Waals surface area contributed by atoms with E-state index in [0.29, 0.717) is 0 Å². The van der Waals surface area contributed by atoms with Gasteiger partial charge in [0.25, 0.3) is 0 Å². The molecular weight excluding hydrogens is 392 g/mol. The Morgan fingerprint density at radius 2 is 1.62 bits per heavy atom. The van der Waals surface area contributed by atoms with Gasteiger partial charge >= 0.3 is 6.09 Å². The number of aliphatic hydroxyl groups excluding tert-OH is 1. The van der Waals surface area contributed by atoms with Crippen LogP contribution in [0.15, 0.2) is 59.5 Å². The van der Waals surface area contributed by atoms with Crippen molar-refractivity contribution in [2.45, 2.75) is 43.4 Å². The van der Waals surface area contributed by atoms with Gasteiger partial charge in [-0.15, -0.1) is 0 Å². The minimum absolute atomic E-state index is 0.00897. The molecule has 2 N–H and O–H groups in total. The highest BCUT2D eigenvalue weighted by Gasteiger charge is 2.38. The van der Waals surface area contributed by atoms with Crippen LogP contribution in [-0.2, 0) is 14.8 Å². The molecule has 0 radical (unpaired) electrons. The predicted molar refractivity (Wildman–Crippen MR) is 110 cm³/mol. The van der Waals surface area contributed by atoms with Crippen molar-refractivity contribution < 1.29 is 23.1 Å². The number of likely N-dealkylation sites (tertiary alicyclic amines) is 1. The van der Waals surface area contributed by atoms with Crippen LogP contribution in [-0.4, -0.2) is 55.4 Å². The number of hydrogen-bond acceptors (Lipinski definition) is 5. The molecule has 29 heavy (non-hydrogen) atoms. The molecule has 2 aromatic rings. The zero-order valence-corrected chi connectivity index (χ0v) is 17.5. The topological polar surface area (TPSA) is 95.9 Å². The fourth-order valence-corrected chi connectivity index (χ4v) is 4.36. The van der Waals surface area contributed by atoms with Gasteiger partial charge in [0.05, 0.1) is 23.6 Å². The first kappa shape index (κ1) is 21.3. The summed E-state index contributed by atoms with van der Waals surface area (Å²) >= 11 is 0. The highest BCUT2D eigenvalue weighted by atomic mass is 32.2. The molecule has 2 aromatic carbocycles. The maximum absolute atomic E-state index is 12.7. The van der Waals surface area contributed by atoms with E-state index < -0.39 is 33.9 Å². The first-order valence-corrected chi connectivity index (χ1v) is 10.9. The molecule has 2 atom stereocenters. The molecule has 3 rings (SSSR count). The Kier molecular flexibility index (Phi) is 5.97. The number of amides is 1. The number of carbonyl (C=O) groups is 1. The molecule has 156 valence electrons. The van der Waals surface area contributed by atoms with Gasteiger partial charge < -0.3 is 14.7 Å². The summed E-state index contributed by atoms with van der Waals surface area (Å²) in [6, 6.07) is 15.4. The van der Waals surface area contributed by atoms with Crippen LogP contribution in [0.2, 0.25) is 0 Å². The molecule has 0 spiro atoms. The fourth-order valence-electron chi connectivity index (χ4n) is 3.10. The van der Waals surface area contributed by atoms with E-state index >= 15 is 0 Å². The lowest BCUT2D eigenvalue weighted by Gasteiger charge is -2.24. The lowest BCUT2D eigenvalue weighted by Crippen LogP contribution is -2.43. The van der Waals surface area contributed by atoms with Gasteiger partial charge in [0.1, 0.15) is 5.60 Å². The van der Waals surface area contributed by atoms with Crippen molar-refractivity contribution in [1.82, 2.24) is 9.62 Å². The smallest absolute Gasteiger partial charge is 0.410 e. The number of rotatable bonds is 4. The van der Waals surface area contributed by atoms with E-state index in [1.165, 1.54) is 17.0 Å². The summed E-state index contributed by atoms with van der Waals surface area (Å²) in [5.74, 6) is 0. The van der Waals surface area contributed by atoms with Gasteiger partial charge in [0.2, 0.25) is 10.0 Å². The highest BCUT2D eigenvalue weighted by molar-refractivity contribution is 7.89. The number of benzene rings is 2. The number of hydrogen-bond donors (Lipinski definition) is 2. The summed E-state index contributed by atoms with van der Waals surface area (Å²) in [5, 5.41) is 10.2. The second-order valence-corrected chi connectivity index (χ2v) is 9.78. The Hall–Kier alpha value is -2.42. The molecule has 0 bridgehead atoms. The van der Waals surface area contributed by atoms with Crippen LogP contribution in [0.1, 0.15) is 20.8 Å². The summed E-state index contributed by atoms with van der Waals surface area (Å²) in [4.78, 5) is 13.6. The number of nitrogens with zero attached hydrogens (tertiary/aromatic N) is 1. The fraction of sp³-hybridized carbons (Fsp3) is 0.381. The van der Waals surface area contributed by atoms with Crippen molar-refractivity contribution in [3.63, 3.8) is 0 Å². The molecule has 8 heteroatoms. The Bertz CT molecular complexity index is 953. The average Bonchev–Trinajstić information content (AvgIpc) is 3.01. The molecule has 1 saturated heterocycles. The summed E-state index contributed by atoms with van der Waals surface area (Å²) in [7, 11) is -3.85. The molecule has 1 aliphatic heterocycles. The molecule has 1 heterocycles. The Morgan fingerprint density at radius 1 is 1.03 bits per heavy atom. The van der Waals surface area contributed by atoms with Crippen LogP contribution < -0.4 is 4.72 Å². The number of sulfonamides is 1. The number of nitrogens with one attached hydrogen (secondary N) is 1. The zero-order chi connectivity index (χ0) is 21.2. The second kappa shape index (κ2) is 8.14. The van der Waals surface area contributed by atoms with E-state index in [2.05, 4.69) is 4.72 Å². The van der Waals surface area contributed by atoms with Crippen molar-refractivity contribution in [3.8, 4) is 11.1 Å². The Labute approximate surface area is 171 Å². The minimum atomic E-state index is -3.85. The van der Waals surface area contributed by atoms with E-state index in [0.717, 1.165) is 11.1 Å². The average molecular weight is 419 g/mol. The monoisotopic (exact) mass is 418 g/mol. The Morgan fingerprint density at radius 3 is 2.21 bits per heavy atom. The van der Waals surface area contributed by atoms with E-state index in [1.54, 1.807) is 32.9 Å². The van der Waals surface area contributed by atoms with E-state index in [9.17, 15) is 18.3 Å². The van der Waals surface area contributed by atoms with Crippen molar-refractivity contribution in [1.29, 1.82) is 0 Å². The first-order valence-electron chi connectivity index (χ1n) is 9.39. The maximum atomic E-state index is 12.7. The Balaban J connectivity index is 1.68. The SMILES string of the molecule is CC(C)(C)OC(=O)N1C[C@H](NS(=O)(=O)c2ccc(-c3ccccc3)cc2)[C@@H](O)C1. The first-order chi connectivity index (χ1) is 13.5. The summed E-state index contributed by atoms with van der Waals surface area (Å²) in [6.07, 6.45) is -1.59. The van der Waals surface area contributed by atoms with Crippen LogP contribution in [0.4, 0.5) is 4.79 Å². The third-order valence-electron chi connectivity index (χ3n) is 4.52. The van der Waals surface area contributed by atoms with E-state index in [4.69, 9.17) is 4.74 Å². The normalized spacial score (nSPS) is 19.9. The van der Waals surface area contributed by atoms with Crippen LogP contribution >= 0.6 is 0 Å². The van der Waals surface area contributed by atoms with E-state index in [1.807, 2.05) is 30.3 Å². The van der Waals surface area contributed by atoms with Crippen molar-refractivity contribution in [3.05, 3.63) is 54.6 Å². The lowest BCUT2D eigenvalue weighted by molar-refractivity contribution is 0.0270. The van der Waals surface area contributed by atoms with Gasteiger partial charge in [0.15, 0.2) is 0 Å². The molecule has 1 fully saturated rings. The van der Waals surface area contributed by atoms with Gasteiger partial charge in [-0.3, -0.25) is 0 Å². The molecule has 0 saturated carbocycles.